The van der Waals surface area contributed by atoms with Crippen LogP contribution in [0.3, 0.4) is 0 Å². The predicted octanol–water partition coefficient (Wildman–Crippen LogP) is 12.0. The van der Waals surface area contributed by atoms with Crippen LogP contribution in [0.1, 0.15) is 33.4 Å². The van der Waals surface area contributed by atoms with Crippen LogP contribution >= 0.6 is 0 Å². The first-order chi connectivity index (χ1) is 21.5. The Morgan fingerprint density at radius 1 is 0.318 bits per heavy atom. The monoisotopic (exact) mass is 570 g/mol. The second-order valence-corrected chi connectivity index (χ2v) is 11.3. The largest absolute Gasteiger partial charge is 0.310 e. The Morgan fingerprint density at radius 3 is 0.818 bits per heavy atom. The van der Waals surface area contributed by atoms with Gasteiger partial charge in [-0.2, -0.15) is 0 Å². The first-order valence-corrected chi connectivity index (χ1v) is 15.2. The molecule has 0 saturated carbocycles. The molecule has 44 heavy (non-hydrogen) atoms. The minimum absolute atomic E-state index is 1.14. The average molecular weight is 571 g/mol. The molecule has 6 aromatic rings. The summed E-state index contributed by atoms with van der Waals surface area (Å²) in [5.74, 6) is 0. The number of rotatable bonds is 8. The molecule has 0 aromatic heterocycles. The summed E-state index contributed by atoms with van der Waals surface area (Å²) in [5, 5.41) is 0. The minimum Gasteiger partial charge on any atom is -0.310 e. The highest BCUT2D eigenvalue weighted by Gasteiger charge is 2.17. The highest BCUT2D eigenvalue weighted by atomic mass is 15.2. The molecule has 216 valence electrons. The third kappa shape index (κ3) is 6.07. The molecular weight excluding hydrogens is 532 g/mol. The van der Waals surface area contributed by atoms with E-state index in [0.29, 0.717) is 0 Å². The summed E-state index contributed by atoms with van der Waals surface area (Å²) >= 11 is 0. The molecule has 0 spiro atoms. The van der Waals surface area contributed by atoms with Gasteiger partial charge in [-0.25, -0.2) is 0 Å². The smallest absolute Gasteiger partial charge is 0.0490 e. The number of para-hydroxylation sites is 4. The van der Waals surface area contributed by atoms with Gasteiger partial charge in [-0.05, 0) is 110 Å². The van der Waals surface area contributed by atoms with Crippen LogP contribution in [0.5, 0.6) is 0 Å². The van der Waals surface area contributed by atoms with Gasteiger partial charge in [0.1, 0.15) is 0 Å². The Morgan fingerprint density at radius 2 is 0.568 bits per heavy atom. The normalized spacial score (nSPS) is 11.1. The summed E-state index contributed by atoms with van der Waals surface area (Å²) < 4.78 is 0. The lowest BCUT2D eigenvalue weighted by Crippen LogP contribution is -2.12. The third-order valence-corrected chi connectivity index (χ3v) is 8.20. The predicted molar refractivity (Wildman–Crippen MR) is 190 cm³/mol. The number of anilines is 6. The molecule has 0 radical (unpaired) electrons. The molecular formula is C42H38N2. The van der Waals surface area contributed by atoms with Crippen molar-refractivity contribution in [2.24, 2.45) is 0 Å². The van der Waals surface area contributed by atoms with Gasteiger partial charge in [0.05, 0.1) is 0 Å². The molecule has 2 nitrogen and oxygen atoms in total. The van der Waals surface area contributed by atoms with Crippen LogP contribution < -0.4 is 9.80 Å². The molecule has 2 heteroatoms. The van der Waals surface area contributed by atoms with Crippen molar-refractivity contribution in [3.8, 4) is 0 Å². The second-order valence-electron chi connectivity index (χ2n) is 11.3. The highest BCUT2D eigenvalue weighted by Crippen LogP contribution is 2.39. The fourth-order valence-electron chi connectivity index (χ4n) is 5.73. The van der Waals surface area contributed by atoms with E-state index in [9.17, 15) is 0 Å². The first kappa shape index (κ1) is 28.8. The molecule has 0 saturated heterocycles. The van der Waals surface area contributed by atoms with Crippen molar-refractivity contribution < 1.29 is 0 Å². The van der Waals surface area contributed by atoms with Crippen LogP contribution in [0.2, 0.25) is 0 Å². The summed E-state index contributed by atoms with van der Waals surface area (Å²) in [7, 11) is 0. The molecule has 0 aliphatic rings. The van der Waals surface area contributed by atoms with E-state index in [-0.39, 0.29) is 0 Å². The second kappa shape index (κ2) is 12.9. The zero-order chi connectivity index (χ0) is 30.5. The maximum absolute atomic E-state index is 2.35. The number of benzene rings is 6. The Labute approximate surface area is 262 Å². The van der Waals surface area contributed by atoms with E-state index < -0.39 is 0 Å². The van der Waals surface area contributed by atoms with Crippen molar-refractivity contribution in [1.29, 1.82) is 0 Å². The Bertz CT molecular complexity index is 1670. The van der Waals surface area contributed by atoms with E-state index in [0.717, 1.165) is 22.5 Å². The SMILES string of the molecule is Cc1ccccc1N(c1ccc(C=Cc2ccc(N(c3ccccc3C)c3ccccc3C)cc2)cc1)c1ccccc1C. The molecule has 6 rings (SSSR count). The van der Waals surface area contributed by atoms with Gasteiger partial charge in [-0.15, -0.1) is 0 Å². The molecule has 0 N–H and O–H groups in total. The van der Waals surface area contributed by atoms with E-state index in [1.807, 2.05) is 0 Å². The summed E-state index contributed by atoms with van der Waals surface area (Å²) in [6.07, 6.45) is 4.37. The molecule has 0 unspecified atom stereocenters. The molecule has 0 aliphatic carbocycles. The van der Waals surface area contributed by atoms with Gasteiger partial charge >= 0.3 is 0 Å². The van der Waals surface area contributed by atoms with Crippen molar-refractivity contribution in [3.05, 3.63) is 179 Å². The van der Waals surface area contributed by atoms with Crippen molar-refractivity contribution in [2.75, 3.05) is 9.80 Å². The summed E-state index contributed by atoms with van der Waals surface area (Å²) in [5.41, 5.74) is 14.3. The number of hydrogen-bond acceptors (Lipinski definition) is 2. The number of hydrogen-bond donors (Lipinski definition) is 0. The maximum Gasteiger partial charge on any atom is 0.0490 e. The van der Waals surface area contributed by atoms with Gasteiger partial charge < -0.3 is 9.80 Å². The zero-order valence-corrected chi connectivity index (χ0v) is 25.9. The first-order valence-electron chi connectivity index (χ1n) is 15.2. The standard InChI is InChI=1S/C42H38N2/c1-31-13-5-9-17-39(31)43(40-18-10-6-14-32(40)2)37-27-23-35(24-28-37)21-22-36-25-29-38(30-26-36)44(41-19-11-7-15-33(41)3)42-20-12-8-16-34(42)4/h5-30H,1-4H3. The van der Waals surface area contributed by atoms with Crippen LogP contribution in [0.4, 0.5) is 34.1 Å². The zero-order valence-electron chi connectivity index (χ0n) is 25.9. The van der Waals surface area contributed by atoms with Crippen LogP contribution in [0.25, 0.3) is 12.2 Å². The maximum atomic E-state index is 2.35. The lowest BCUT2D eigenvalue weighted by molar-refractivity contribution is 1.22. The van der Waals surface area contributed by atoms with Crippen LogP contribution in [-0.4, -0.2) is 0 Å². The Balaban J connectivity index is 1.27. The molecule has 0 heterocycles. The number of aryl methyl sites for hydroxylation is 4. The van der Waals surface area contributed by atoms with Gasteiger partial charge in [-0.1, -0.05) is 109 Å². The van der Waals surface area contributed by atoms with Crippen molar-refractivity contribution in [3.63, 3.8) is 0 Å². The quantitative estimate of drug-likeness (QED) is 0.168. The summed E-state index contributed by atoms with van der Waals surface area (Å²) in [4.78, 5) is 4.71. The fourth-order valence-corrected chi connectivity index (χ4v) is 5.73. The van der Waals surface area contributed by atoms with Crippen LogP contribution in [0, 0.1) is 27.7 Å². The third-order valence-electron chi connectivity index (χ3n) is 8.20. The lowest BCUT2D eigenvalue weighted by Gasteiger charge is -2.28. The summed E-state index contributed by atoms with van der Waals surface area (Å²) in [6.45, 7) is 8.68. The lowest BCUT2D eigenvalue weighted by atomic mass is 10.1. The topological polar surface area (TPSA) is 6.48 Å². The molecule has 0 atom stereocenters. The van der Waals surface area contributed by atoms with E-state index in [2.05, 4.69) is 195 Å². The van der Waals surface area contributed by atoms with E-state index >= 15 is 0 Å². The van der Waals surface area contributed by atoms with Crippen molar-refractivity contribution in [2.45, 2.75) is 27.7 Å². The molecule has 6 aromatic carbocycles. The number of nitrogens with zero attached hydrogens (tertiary/aromatic N) is 2. The minimum atomic E-state index is 1.14. The summed E-state index contributed by atoms with van der Waals surface area (Å²) in [6, 6.07) is 51.9. The van der Waals surface area contributed by atoms with E-state index in [4.69, 9.17) is 0 Å². The molecule has 0 bridgehead atoms. The van der Waals surface area contributed by atoms with Gasteiger partial charge in [0, 0.05) is 34.1 Å². The Hall–Kier alpha value is -5.34. The van der Waals surface area contributed by atoms with Crippen LogP contribution in [-0.2, 0) is 0 Å². The Kier molecular flexibility index (Phi) is 8.43. The van der Waals surface area contributed by atoms with Gasteiger partial charge in [0.25, 0.3) is 0 Å². The van der Waals surface area contributed by atoms with Crippen molar-refractivity contribution in [1.82, 2.24) is 0 Å². The highest BCUT2D eigenvalue weighted by molar-refractivity contribution is 5.82. The van der Waals surface area contributed by atoms with Gasteiger partial charge in [-0.3, -0.25) is 0 Å². The van der Waals surface area contributed by atoms with Gasteiger partial charge in [0.15, 0.2) is 0 Å². The van der Waals surface area contributed by atoms with E-state index in [1.54, 1.807) is 0 Å². The average Bonchev–Trinajstić information content (AvgIpc) is 3.05. The molecule has 0 amide bonds. The molecule has 0 fully saturated rings. The van der Waals surface area contributed by atoms with Gasteiger partial charge in [0.2, 0.25) is 0 Å². The van der Waals surface area contributed by atoms with Crippen molar-refractivity contribution >= 4 is 46.3 Å². The van der Waals surface area contributed by atoms with Crippen LogP contribution in [0.15, 0.2) is 146 Å². The molecule has 0 aliphatic heterocycles. The fraction of sp³-hybridized carbons (Fsp3) is 0.0952. The van der Waals surface area contributed by atoms with E-state index in [1.165, 1.54) is 45.0 Å².